The summed E-state index contributed by atoms with van der Waals surface area (Å²) in [6.45, 7) is 4.59. The van der Waals surface area contributed by atoms with E-state index >= 15 is 0 Å². The van der Waals surface area contributed by atoms with Crippen molar-refractivity contribution in [1.29, 1.82) is 0 Å². The van der Waals surface area contributed by atoms with Crippen LogP contribution in [-0.2, 0) is 9.47 Å². The standard InChI is InChI=1S/C21H40O2/c1-3-4-5-6-7-8-9-10-11-12-13-14-15-16-17-18-19-23-21-20-22-2/h7-8,10-11H,3-6,9,12-21H2,1-2H3/b8-7-,11-10-. The summed E-state index contributed by atoms with van der Waals surface area (Å²) in [5.74, 6) is 0. The van der Waals surface area contributed by atoms with Gasteiger partial charge in [0.15, 0.2) is 0 Å². The van der Waals surface area contributed by atoms with Gasteiger partial charge >= 0.3 is 0 Å². The zero-order valence-corrected chi connectivity index (χ0v) is 15.7. The van der Waals surface area contributed by atoms with Crippen LogP contribution in [0.5, 0.6) is 0 Å². The summed E-state index contributed by atoms with van der Waals surface area (Å²) in [5.41, 5.74) is 0. The molecular weight excluding hydrogens is 284 g/mol. The Bertz CT molecular complexity index is 259. The maximum Gasteiger partial charge on any atom is 0.0700 e. The Kier molecular flexibility index (Phi) is 20.8. The second kappa shape index (κ2) is 21.4. The summed E-state index contributed by atoms with van der Waals surface area (Å²) in [6, 6.07) is 0. The van der Waals surface area contributed by atoms with E-state index in [0.29, 0.717) is 6.61 Å². The van der Waals surface area contributed by atoms with E-state index in [9.17, 15) is 0 Å². The molecule has 0 N–H and O–H groups in total. The Hall–Kier alpha value is -0.600. The number of ether oxygens (including phenoxy) is 2. The fourth-order valence-electron chi connectivity index (χ4n) is 2.44. The smallest absolute Gasteiger partial charge is 0.0700 e. The number of allylic oxidation sites excluding steroid dienone is 4. The molecule has 2 heteroatoms. The van der Waals surface area contributed by atoms with Gasteiger partial charge in [-0.15, -0.1) is 0 Å². The van der Waals surface area contributed by atoms with Gasteiger partial charge in [0.05, 0.1) is 13.2 Å². The van der Waals surface area contributed by atoms with E-state index in [-0.39, 0.29) is 0 Å². The van der Waals surface area contributed by atoms with Crippen LogP contribution in [0.25, 0.3) is 0 Å². The Labute approximate surface area is 145 Å². The van der Waals surface area contributed by atoms with Gasteiger partial charge in [0, 0.05) is 13.7 Å². The first-order valence-corrected chi connectivity index (χ1v) is 9.78. The number of unbranched alkanes of at least 4 members (excludes halogenated alkanes) is 9. The molecule has 0 aromatic rings. The summed E-state index contributed by atoms with van der Waals surface area (Å²) < 4.78 is 10.4. The molecule has 0 aromatic carbocycles. The van der Waals surface area contributed by atoms with E-state index in [1.54, 1.807) is 7.11 Å². The van der Waals surface area contributed by atoms with Gasteiger partial charge in [-0.3, -0.25) is 0 Å². The molecule has 0 saturated heterocycles. The highest BCUT2D eigenvalue weighted by Gasteiger charge is 1.92. The highest BCUT2D eigenvalue weighted by Crippen LogP contribution is 2.08. The summed E-state index contributed by atoms with van der Waals surface area (Å²) in [4.78, 5) is 0. The number of hydrogen-bond acceptors (Lipinski definition) is 2. The third-order valence-electron chi connectivity index (χ3n) is 3.92. The van der Waals surface area contributed by atoms with Gasteiger partial charge in [0.2, 0.25) is 0 Å². The second-order valence-corrected chi connectivity index (χ2v) is 6.19. The average Bonchev–Trinajstić information content (AvgIpc) is 2.57. The molecule has 0 heterocycles. The summed E-state index contributed by atoms with van der Waals surface area (Å²) in [7, 11) is 1.71. The van der Waals surface area contributed by atoms with Crippen molar-refractivity contribution in [2.24, 2.45) is 0 Å². The molecule has 0 amide bonds. The van der Waals surface area contributed by atoms with E-state index in [1.807, 2.05) is 0 Å². The normalized spacial score (nSPS) is 11.9. The zero-order chi connectivity index (χ0) is 16.8. The lowest BCUT2D eigenvalue weighted by atomic mass is 10.1. The van der Waals surface area contributed by atoms with Crippen LogP contribution in [0.3, 0.4) is 0 Å². The van der Waals surface area contributed by atoms with Crippen LogP contribution in [-0.4, -0.2) is 26.9 Å². The van der Waals surface area contributed by atoms with Crippen LogP contribution in [0.2, 0.25) is 0 Å². The van der Waals surface area contributed by atoms with Gasteiger partial charge in [-0.25, -0.2) is 0 Å². The van der Waals surface area contributed by atoms with Gasteiger partial charge in [-0.2, -0.15) is 0 Å². The SMILES string of the molecule is CCCCC/C=C\C/C=C\CCCCCCCCOCCOC. The van der Waals surface area contributed by atoms with E-state index in [0.717, 1.165) is 19.6 Å². The Morgan fingerprint density at radius 2 is 1.22 bits per heavy atom. The van der Waals surface area contributed by atoms with E-state index in [2.05, 4.69) is 31.2 Å². The molecule has 0 atom stereocenters. The molecule has 0 aromatic heterocycles. The van der Waals surface area contributed by atoms with Crippen molar-refractivity contribution < 1.29 is 9.47 Å². The Morgan fingerprint density at radius 1 is 0.609 bits per heavy atom. The first-order chi connectivity index (χ1) is 11.4. The van der Waals surface area contributed by atoms with Crippen LogP contribution in [0, 0.1) is 0 Å². The minimum atomic E-state index is 0.710. The fraction of sp³-hybridized carbons (Fsp3) is 0.810. The second-order valence-electron chi connectivity index (χ2n) is 6.19. The topological polar surface area (TPSA) is 18.5 Å². The van der Waals surface area contributed by atoms with E-state index in [1.165, 1.54) is 70.6 Å². The molecule has 0 rings (SSSR count). The Morgan fingerprint density at radius 3 is 1.87 bits per heavy atom. The highest BCUT2D eigenvalue weighted by atomic mass is 16.5. The van der Waals surface area contributed by atoms with Crippen LogP contribution < -0.4 is 0 Å². The van der Waals surface area contributed by atoms with Gasteiger partial charge in [0.25, 0.3) is 0 Å². The van der Waals surface area contributed by atoms with Crippen LogP contribution >= 0.6 is 0 Å². The molecular formula is C21H40O2. The molecule has 0 aliphatic heterocycles. The molecule has 0 spiro atoms. The predicted molar refractivity (Wildman–Crippen MR) is 102 cm³/mol. The van der Waals surface area contributed by atoms with Crippen molar-refractivity contribution >= 4 is 0 Å². The van der Waals surface area contributed by atoms with Crippen molar-refractivity contribution in [2.75, 3.05) is 26.9 Å². The highest BCUT2D eigenvalue weighted by molar-refractivity contribution is 4.92. The quantitative estimate of drug-likeness (QED) is 0.213. The average molecular weight is 325 g/mol. The molecule has 2 nitrogen and oxygen atoms in total. The summed E-state index contributed by atoms with van der Waals surface area (Å²) in [6.07, 6.45) is 24.8. The molecule has 0 saturated carbocycles. The molecule has 0 aliphatic carbocycles. The molecule has 0 fully saturated rings. The fourth-order valence-corrected chi connectivity index (χ4v) is 2.44. The molecule has 0 unspecified atom stereocenters. The number of hydrogen-bond donors (Lipinski definition) is 0. The lowest BCUT2D eigenvalue weighted by molar-refractivity contribution is 0.0685. The minimum absolute atomic E-state index is 0.710. The van der Waals surface area contributed by atoms with E-state index < -0.39 is 0 Å². The van der Waals surface area contributed by atoms with Crippen molar-refractivity contribution in [2.45, 2.75) is 84.0 Å². The maximum atomic E-state index is 5.45. The monoisotopic (exact) mass is 324 g/mol. The molecule has 0 aliphatic rings. The van der Waals surface area contributed by atoms with Gasteiger partial charge in [-0.1, -0.05) is 69.8 Å². The largest absolute Gasteiger partial charge is 0.382 e. The molecule has 0 radical (unpaired) electrons. The predicted octanol–water partition coefficient (Wildman–Crippen LogP) is 6.46. The lowest BCUT2D eigenvalue weighted by Gasteiger charge is -2.03. The van der Waals surface area contributed by atoms with Gasteiger partial charge in [0.1, 0.15) is 0 Å². The van der Waals surface area contributed by atoms with Crippen molar-refractivity contribution in [1.82, 2.24) is 0 Å². The molecule has 23 heavy (non-hydrogen) atoms. The zero-order valence-electron chi connectivity index (χ0n) is 15.7. The first kappa shape index (κ1) is 22.4. The van der Waals surface area contributed by atoms with E-state index in [4.69, 9.17) is 9.47 Å². The van der Waals surface area contributed by atoms with Crippen molar-refractivity contribution in [3.63, 3.8) is 0 Å². The number of methoxy groups -OCH3 is 1. The molecule has 136 valence electrons. The summed E-state index contributed by atoms with van der Waals surface area (Å²) in [5, 5.41) is 0. The van der Waals surface area contributed by atoms with Crippen LogP contribution in [0.1, 0.15) is 84.0 Å². The molecule has 0 bridgehead atoms. The third-order valence-corrected chi connectivity index (χ3v) is 3.92. The maximum absolute atomic E-state index is 5.45. The first-order valence-electron chi connectivity index (χ1n) is 9.78. The lowest BCUT2D eigenvalue weighted by Crippen LogP contribution is -2.02. The van der Waals surface area contributed by atoms with Crippen LogP contribution in [0.15, 0.2) is 24.3 Å². The number of rotatable bonds is 18. The minimum Gasteiger partial charge on any atom is -0.382 e. The van der Waals surface area contributed by atoms with Gasteiger partial charge < -0.3 is 9.47 Å². The van der Waals surface area contributed by atoms with Gasteiger partial charge in [-0.05, 0) is 38.5 Å². The van der Waals surface area contributed by atoms with Crippen molar-refractivity contribution in [3.8, 4) is 0 Å². The Balaban J connectivity index is 3.10. The third kappa shape index (κ3) is 21.4. The summed E-state index contributed by atoms with van der Waals surface area (Å²) >= 11 is 0. The van der Waals surface area contributed by atoms with Crippen LogP contribution in [0.4, 0.5) is 0 Å². The van der Waals surface area contributed by atoms with Crippen molar-refractivity contribution in [3.05, 3.63) is 24.3 Å².